The summed E-state index contributed by atoms with van der Waals surface area (Å²) in [6.07, 6.45) is 1.00. The highest BCUT2D eigenvalue weighted by molar-refractivity contribution is 6.24. The number of amides is 2. The van der Waals surface area contributed by atoms with Gasteiger partial charge in [0.2, 0.25) is 5.91 Å². The van der Waals surface area contributed by atoms with Gasteiger partial charge in [0.25, 0.3) is 5.91 Å². The van der Waals surface area contributed by atoms with Crippen molar-refractivity contribution in [2.24, 2.45) is 5.92 Å². The highest BCUT2D eigenvalue weighted by Crippen LogP contribution is 2.49. The minimum absolute atomic E-state index is 0.0986. The van der Waals surface area contributed by atoms with E-state index in [0.29, 0.717) is 5.69 Å². The first kappa shape index (κ1) is 18.3. The van der Waals surface area contributed by atoms with Gasteiger partial charge in [-0.15, -0.1) is 0 Å². The van der Waals surface area contributed by atoms with E-state index in [-0.39, 0.29) is 17.9 Å². The Labute approximate surface area is 170 Å². The first-order valence-corrected chi connectivity index (χ1v) is 10.1. The van der Waals surface area contributed by atoms with Gasteiger partial charge in [0, 0.05) is 13.1 Å². The van der Waals surface area contributed by atoms with Gasteiger partial charge in [-0.05, 0) is 61.2 Å². The van der Waals surface area contributed by atoms with E-state index >= 15 is 0 Å². The number of benzene rings is 2. The molecule has 6 nitrogen and oxygen atoms in total. The molecule has 0 unspecified atom stereocenters. The van der Waals surface area contributed by atoms with Crippen LogP contribution in [-0.4, -0.2) is 48.1 Å². The third-order valence-corrected chi connectivity index (χ3v) is 6.61. The van der Waals surface area contributed by atoms with Crippen molar-refractivity contribution in [3.8, 4) is 5.75 Å². The zero-order valence-electron chi connectivity index (χ0n) is 17.0. The van der Waals surface area contributed by atoms with Gasteiger partial charge in [0.15, 0.2) is 0 Å². The van der Waals surface area contributed by atoms with E-state index in [9.17, 15) is 9.59 Å². The van der Waals surface area contributed by atoms with Crippen molar-refractivity contribution in [1.29, 1.82) is 0 Å². The Kier molecular flexibility index (Phi) is 4.22. The number of rotatable bonds is 3. The number of methoxy groups -OCH3 is 1. The van der Waals surface area contributed by atoms with E-state index < -0.39 is 12.0 Å². The number of nitrogens with zero attached hydrogens (tertiary/aromatic N) is 3. The van der Waals surface area contributed by atoms with Gasteiger partial charge in [-0.1, -0.05) is 18.2 Å². The first-order valence-electron chi connectivity index (χ1n) is 10.1. The predicted molar refractivity (Wildman–Crippen MR) is 109 cm³/mol. The standard InChI is InChI=1S/C23H25N3O3/c1-14-5-8-17(13-15(14)2)26-22(27)19-20(16-6-9-18(29-3)10-7-16)24-11-4-12-25(24)21(19)23(26)28/h5-10,13,19-21H,4,11-12H2,1-3H3/t19-,20-,21-/m0/s1. The molecule has 0 saturated carbocycles. The Balaban J connectivity index is 1.56. The van der Waals surface area contributed by atoms with Crippen LogP contribution in [0.1, 0.15) is 29.2 Å². The molecule has 0 aromatic heterocycles. The summed E-state index contributed by atoms with van der Waals surface area (Å²) in [7, 11) is 1.64. The number of aryl methyl sites for hydroxylation is 2. The lowest BCUT2D eigenvalue weighted by molar-refractivity contribution is -0.126. The maximum atomic E-state index is 13.6. The number of carbonyl (C=O) groups is 2. The number of hydrogen-bond donors (Lipinski definition) is 0. The quantitative estimate of drug-likeness (QED) is 0.753. The Bertz CT molecular complexity index is 987. The van der Waals surface area contributed by atoms with Gasteiger partial charge in [-0.3, -0.25) is 9.59 Å². The van der Waals surface area contributed by atoms with Crippen molar-refractivity contribution in [1.82, 2.24) is 10.0 Å². The van der Waals surface area contributed by atoms with E-state index in [1.807, 2.05) is 56.3 Å². The molecule has 2 amide bonds. The van der Waals surface area contributed by atoms with Gasteiger partial charge in [0.1, 0.15) is 11.8 Å². The molecule has 5 rings (SSSR count). The number of anilines is 1. The Morgan fingerprint density at radius 2 is 1.55 bits per heavy atom. The number of ether oxygens (including phenoxy) is 1. The van der Waals surface area contributed by atoms with Crippen molar-refractivity contribution in [2.75, 3.05) is 25.1 Å². The fraction of sp³-hybridized carbons (Fsp3) is 0.391. The minimum atomic E-state index is -0.418. The van der Waals surface area contributed by atoms with Crippen molar-refractivity contribution in [3.63, 3.8) is 0 Å². The normalized spacial score (nSPS) is 26.9. The second-order valence-electron chi connectivity index (χ2n) is 8.15. The number of hydrogen-bond acceptors (Lipinski definition) is 5. The average Bonchev–Trinajstić information content (AvgIpc) is 3.37. The SMILES string of the molecule is COc1ccc([C@H]2[C@@H]3C(=O)N(c4ccc(C)c(C)c4)C(=O)[C@H]3N3CCCN23)cc1. The molecule has 3 saturated heterocycles. The molecule has 6 heteroatoms. The highest BCUT2D eigenvalue weighted by Gasteiger charge is 2.62. The molecule has 0 spiro atoms. The van der Waals surface area contributed by atoms with Crippen molar-refractivity contribution in [2.45, 2.75) is 32.4 Å². The molecule has 3 aliphatic heterocycles. The summed E-state index contributed by atoms with van der Waals surface area (Å²) in [5.74, 6) is 0.189. The van der Waals surface area contributed by atoms with Crippen molar-refractivity contribution in [3.05, 3.63) is 59.2 Å². The van der Waals surface area contributed by atoms with Crippen LogP contribution in [0.15, 0.2) is 42.5 Å². The molecule has 150 valence electrons. The van der Waals surface area contributed by atoms with E-state index in [4.69, 9.17) is 4.74 Å². The molecule has 2 aromatic rings. The number of hydrazine groups is 1. The molecular weight excluding hydrogens is 366 g/mol. The summed E-state index contributed by atoms with van der Waals surface area (Å²) in [6.45, 7) is 5.72. The first-order chi connectivity index (χ1) is 14.0. The van der Waals surface area contributed by atoms with Gasteiger partial charge in [-0.2, -0.15) is 0 Å². The third kappa shape index (κ3) is 2.63. The van der Waals surface area contributed by atoms with Crippen LogP contribution >= 0.6 is 0 Å². The minimum Gasteiger partial charge on any atom is -0.497 e. The fourth-order valence-electron chi connectivity index (χ4n) is 5.03. The molecule has 2 aromatic carbocycles. The van der Waals surface area contributed by atoms with E-state index in [1.165, 1.54) is 4.90 Å². The van der Waals surface area contributed by atoms with Gasteiger partial charge < -0.3 is 4.74 Å². The molecule has 3 fully saturated rings. The topological polar surface area (TPSA) is 53.1 Å². The summed E-state index contributed by atoms with van der Waals surface area (Å²) in [4.78, 5) is 28.4. The molecule has 3 aliphatic rings. The van der Waals surface area contributed by atoms with E-state index in [2.05, 4.69) is 10.0 Å². The van der Waals surface area contributed by atoms with Crippen LogP contribution in [0.2, 0.25) is 0 Å². The van der Waals surface area contributed by atoms with Crippen LogP contribution in [0.5, 0.6) is 5.75 Å². The number of carbonyl (C=O) groups excluding carboxylic acids is 2. The van der Waals surface area contributed by atoms with Crippen LogP contribution < -0.4 is 9.64 Å². The third-order valence-electron chi connectivity index (χ3n) is 6.61. The second kappa shape index (κ2) is 6.68. The molecule has 0 N–H and O–H groups in total. The molecular formula is C23H25N3O3. The highest BCUT2D eigenvalue weighted by atomic mass is 16.5. The molecule has 3 atom stereocenters. The smallest absolute Gasteiger partial charge is 0.253 e. The lowest BCUT2D eigenvalue weighted by Crippen LogP contribution is -2.44. The molecule has 3 heterocycles. The lowest BCUT2D eigenvalue weighted by atomic mass is 9.90. The average molecular weight is 391 g/mol. The van der Waals surface area contributed by atoms with Gasteiger partial charge in [-0.25, -0.2) is 14.9 Å². The summed E-state index contributed by atoms with van der Waals surface area (Å²) in [6, 6.07) is 13.1. The molecule has 0 radical (unpaired) electrons. The number of fused-ring (bicyclic) bond motifs is 3. The van der Waals surface area contributed by atoms with Crippen molar-refractivity contribution < 1.29 is 14.3 Å². The Morgan fingerprint density at radius 3 is 2.21 bits per heavy atom. The maximum Gasteiger partial charge on any atom is 0.253 e. The largest absolute Gasteiger partial charge is 0.497 e. The molecule has 0 bridgehead atoms. The molecule has 0 aliphatic carbocycles. The zero-order chi connectivity index (χ0) is 20.3. The lowest BCUT2D eigenvalue weighted by Gasteiger charge is -2.30. The monoisotopic (exact) mass is 391 g/mol. The van der Waals surface area contributed by atoms with Crippen LogP contribution in [0.3, 0.4) is 0 Å². The Hall–Kier alpha value is -2.70. The summed E-state index contributed by atoms with van der Waals surface area (Å²) in [5, 5.41) is 4.35. The maximum absolute atomic E-state index is 13.6. The second-order valence-corrected chi connectivity index (χ2v) is 8.15. The van der Waals surface area contributed by atoms with Gasteiger partial charge >= 0.3 is 0 Å². The van der Waals surface area contributed by atoms with Crippen molar-refractivity contribution >= 4 is 17.5 Å². The van der Waals surface area contributed by atoms with Crippen LogP contribution in [0.25, 0.3) is 0 Å². The summed E-state index contributed by atoms with van der Waals surface area (Å²) >= 11 is 0. The summed E-state index contributed by atoms with van der Waals surface area (Å²) in [5.41, 5.74) is 3.95. The van der Waals surface area contributed by atoms with E-state index in [1.54, 1.807) is 7.11 Å². The number of imide groups is 1. The van der Waals surface area contributed by atoms with Gasteiger partial charge in [0.05, 0.1) is 24.8 Å². The van der Waals surface area contributed by atoms with Crippen LogP contribution in [0.4, 0.5) is 5.69 Å². The van der Waals surface area contributed by atoms with Crippen LogP contribution in [-0.2, 0) is 9.59 Å². The predicted octanol–water partition coefficient (Wildman–Crippen LogP) is 2.85. The van der Waals surface area contributed by atoms with E-state index in [0.717, 1.165) is 42.0 Å². The zero-order valence-corrected chi connectivity index (χ0v) is 17.0. The van der Waals surface area contributed by atoms with Crippen LogP contribution in [0, 0.1) is 19.8 Å². The fourth-order valence-corrected chi connectivity index (χ4v) is 5.03. The summed E-state index contributed by atoms with van der Waals surface area (Å²) < 4.78 is 5.29. The molecule has 29 heavy (non-hydrogen) atoms. The Morgan fingerprint density at radius 1 is 0.862 bits per heavy atom.